The maximum atomic E-state index is 12.9. The first-order chi connectivity index (χ1) is 15.9. The second-order valence-corrected chi connectivity index (χ2v) is 8.95. The van der Waals surface area contributed by atoms with Crippen LogP contribution in [0.1, 0.15) is 16.0 Å². The van der Waals surface area contributed by atoms with Crippen LogP contribution in [-0.2, 0) is 6.61 Å². The second kappa shape index (κ2) is 8.14. The highest BCUT2D eigenvalue weighted by atomic mass is 32.1. The topological polar surface area (TPSA) is 98.1 Å². The quantitative estimate of drug-likeness (QED) is 0.261. The van der Waals surface area contributed by atoms with E-state index in [2.05, 4.69) is 4.98 Å². The van der Waals surface area contributed by atoms with Crippen LogP contribution in [0, 0.1) is 24.0 Å². The minimum Gasteiger partial charge on any atom is -0.488 e. The van der Waals surface area contributed by atoms with Crippen molar-refractivity contribution in [3.05, 3.63) is 97.1 Å². The first kappa shape index (κ1) is 20.8. The van der Waals surface area contributed by atoms with E-state index < -0.39 is 4.92 Å². The zero-order valence-electron chi connectivity index (χ0n) is 17.9. The number of H-pyrrole nitrogens is 1. The number of fused-ring (bicyclic) bond motifs is 2. The van der Waals surface area contributed by atoms with E-state index in [1.807, 2.05) is 50.2 Å². The number of rotatable bonds is 5. The number of hydrogen-bond donors (Lipinski definition) is 1. The maximum absolute atomic E-state index is 12.9. The number of ether oxygens (including phenoxy) is 1. The zero-order chi connectivity index (χ0) is 23.1. The summed E-state index contributed by atoms with van der Waals surface area (Å²) in [5.74, 6) is 1.02. The highest BCUT2D eigenvalue weighted by Gasteiger charge is 2.18. The Morgan fingerprint density at radius 3 is 2.58 bits per heavy atom. The predicted molar refractivity (Wildman–Crippen MR) is 130 cm³/mol. The van der Waals surface area contributed by atoms with Gasteiger partial charge in [-0.2, -0.15) is 0 Å². The van der Waals surface area contributed by atoms with Gasteiger partial charge in [-0.3, -0.25) is 14.9 Å². The molecule has 8 heteroatoms. The van der Waals surface area contributed by atoms with Crippen molar-refractivity contribution in [2.45, 2.75) is 20.5 Å². The van der Waals surface area contributed by atoms with Gasteiger partial charge in [0.05, 0.1) is 15.9 Å². The van der Waals surface area contributed by atoms with Crippen LogP contribution in [0.3, 0.4) is 0 Å². The molecule has 0 bridgehead atoms. The second-order valence-electron chi connectivity index (χ2n) is 7.75. The lowest BCUT2D eigenvalue weighted by Crippen LogP contribution is -2.10. The summed E-state index contributed by atoms with van der Waals surface area (Å²) in [7, 11) is 0. The minimum absolute atomic E-state index is 0.0294. The number of nitrogens with zero attached hydrogens (tertiary/aromatic N) is 2. The average Bonchev–Trinajstić information content (AvgIpc) is 3.11. The van der Waals surface area contributed by atoms with Crippen LogP contribution in [-0.4, -0.2) is 14.9 Å². The van der Waals surface area contributed by atoms with E-state index in [4.69, 9.17) is 9.72 Å². The number of benzene rings is 3. The summed E-state index contributed by atoms with van der Waals surface area (Å²) < 4.78 is 6.14. The van der Waals surface area contributed by atoms with Gasteiger partial charge in [-0.05, 0) is 53.9 Å². The molecule has 2 heterocycles. The van der Waals surface area contributed by atoms with Crippen molar-refractivity contribution in [2.75, 3.05) is 0 Å². The molecule has 2 aromatic heterocycles. The van der Waals surface area contributed by atoms with Crippen LogP contribution >= 0.6 is 11.3 Å². The first-order valence-corrected chi connectivity index (χ1v) is 11.1. The Kier molecular flexibility index (Phi) is 5.14. The Labute approximate surface area is 192 Å². The minimum atomic E-state index is -0.432. The van der Waals surface area contributed by atoms with E-state index in [9.17, 15) is 14.9 Å². The molecule has 0 aliphatic heterocycles. The van der Waals surface area contributed by atoms with Crippen molar-refractivity contribution in [1.82, 2.24) is 9.97 Å². The van der Waals surface area contributed by atoms with Gasteiger partial charge in [0.1, 0.15) is 23.0 Å². The number of aromatic nitrogens is 2. The largest absolute Gasteiger partial charge is 0.488 e. The molecular formula is C25H19N3O4S. The summed E-state index contributed by atoms with van der Waals surface area (Å²) in [6.45, 7) is 4.13. The van der Waals surface area contributed by atoms with Crippen molar-refractivity contribution >= 4 is 38.0 Å². The molecule has 0 radical (unpaired) electrons. The third-order valence-corrected chi connectivity index (χ3v) is 6.81. The molecule has 5 rings (SSSR count). The molecule has 0 amide bonds. The fourth-order valence-electron chi connectivity index (χ4n) is 3.86. The molecule has 0 unspecified atom stereocenters. The highest BCUT2D eigenvalue weighted by molar-refractivity contribution is 7.18. The van der Waals surface area contributed by atoms with E-state index in [1.165, 1.54) is 23.5 Å². The average molecular weight is 458 g/mol. The summed E-state index contributed by atoms with van der Waals surface area (Å²) in [5, 5.41) is 13.4. The number of nitro groups is 1. The molecule has 0 spiro atoms. The molecular weight excluding hydrogens is 438 g/mol. The number of hydrogen-bond acceptors (Lipinski definition) is 6. The smallest absolute Gasteiger partial charge is 0.269 e. The Balaban J connectivity index is 1.62. The summed E-state index contributed by atoms with van der Waals surface area (Å²) in [6.07, 6.45) is 0. The summed E-state index contributed by atoms with van der Waals surface area (Å²) in [4.78, 5) is 32.9. The Hall–Kier alpha value is -4.04. The number of non-ortho nitro benzene ring substituents is 1. The summed E-state index contributed by atoms with van der Waals surface area (Å²) >= 11 is 1.50. The Morgan fingerprint density at radius 1 is 1.06 bits per heavy atom. The fraction of sp³-hybridized carbons (Fsp3) is 0.120. The molecule has 33 heavy (non-hydrogen) atoms. The zero-order valence-corrected chi connectivity index (χ0v) is 18.7. The fourth-order valence-corrected chi connectivity index (χ4v) is 4.89. The molecule has 0 atom stereocenters. The number of nitro benzene ring substituents is 1. The number of thiophene rings is 1. The maximum Gasteiger partial charge on any atom is 0.269 e. The Morgan fingerprint density at radius 2 is 1.82 bits per heavy atom. The van der Waals surface area contributed by atoms with Crippen LogP contribution < -0.4 is 10.3 Å². The molecule has 0 aliphatic carbocycles. The lowest BCUT2D eigenvalue weighted by molar-refractivity contribution is -0.384. The SMILES string of the molecule is Cc1sc2nc(-c3c(OCc4ccc([N+](=O)[O-])cc4)ccc4ccccc34)[nH]c(=O)c2c1C. The summed E-state index contributed by atoms with van der Waals surface area (Å²) in [5.41, 5.74) is 2.30. The third-order valence-electron chi connectivity index (χ3n) is 5.71. The predicted octanol–water partition coefficient (Wildman–Crippen LogP) is 5.91. The normalized spacial score (nSPS) is 11.2. The van der Waals surface area contributed by atoms with Gasteiger partial charge in [-0.25, -0.2) is 4.98 Å². The van der Waals surface area contributed by atoms with E-state index in [-0.39, 0.29) is 17.9 Å². The van der Waals surface area contributed by atoms with E-state index in [0.717, 1.165) is 26.8 Å². The van der Waals surface area contributed by atoms with Gasteiger partial charge in [0, 0.05) is 17.0 Å². The molecule has 0 fully saturated rings. The third kappa shape index (κ3) is 3.74. The first-order valence-electron chi connectivity index (χ1n) is 10.3. The monoisotopic (exact) mass is 457 g/mol. The molecule has 1 N–H and O–H groups in total. The van der Waals surface area contributed by atoms with Crippen molar-refractivity contribution < 1.29 is 9.66 Å². The van der Waals surface area contributed by atoms with Crippen molar-refractivity contribution in [1.29, 1.82) is 0 Å². The standard InChI is InChI=1S/C25H19N3O4S/c1-14-15(2)33-25-21(14)24(29)26-23(27-25)22-19-6-4-3-5-17(19)9-12-20(22)32-13-16-7-10-18(11-8-16)28(30)31/h3-12H,13H2,1-2H3,(H,26,27,29). The van der Waals surface area contributed by atoms with Gasteiger partial charge < -0.3 is 9.72 Å². The van der Waals surface area contributed by atoms with Gasteiger partial charge in [-0.15, -0.1) is 11.3 Å². The highest BCUT2D eigenvalue weighted by Crippen LogP contribution is 2.37. The molecule has 0 aliphatic rings. The van der Waals surface area contributed by atoms with E-state index in [0.29, 0.717) is 27.4 Å². The molecule has 0 saturated carbocycles. The van der Waals surface area contributed by atoms with Crippen LogP contribution in [0.5, 0.6) is 5.75 Å². The van der Waals surface area contributed by atoms with Crippen LogP contribution in [0.2, 0.25) is 0 Å². The van der Waals surface area contributed by atoms with E-state index in [1.54, 1.807) is 12.1 Å². The van der Waals surface area contributed by atoms with Crippen molar-refractivity contribution in [3.63, 3.8) is 0 Å². The van der Waals surface area contributed by atoms with Crippen LogP contribution in [0.4, 0.5) is 5.69 Å². The molecule has 5 aromatic rings. The van der Waals surface area contributed by atoms with E-state index >= 15 is 0 Å². The number of aryl methyl sites for hydroxylation is 2. The number of aromatic amines is 1. The van der Waals surface area contributed by atoms with Crippen molar-refractivity contribution in [2.24, 2.45) is 0 Å². The lowest BCUT2D eigenvalue weighted by atomic mass is 10.0. The van der Waals surface area contributed by atoms with Crippen LogP contribution in [0.25, 0.3) is 32.4 Å². The molecule has 164 valence electrons. The van der Waals surface area contributed by atoms with Crippen LogP contribution in [0.15, 0.2) is 65.5 Å². The van der Waals surface area contributed by atoms with Gasteiger partial charge >= 0.3 is 0 Å². The van der Waals surface area contributed by atoms with Gasteiger partial charge in [0.25, 0.3) is 11.2 Å². The number of nitrogens with one attached hydrogen (secondary N) is 1. The Bertz CT molecular complexity index is 1590. The lowest BCUT2D eigenvalue weighted by Gasteiger charge is -2.14. The van der Waals surface area contributed by atoms with Gasteiger partial charge in [0.2, 0.25) is 0 Å². The van der Waals surface area contributed by atoms with Crippen molar-refractivity contribution in [3.8, 4) is 17.1 Å². The van der Waals surface area contributed by atoms with Gasteiger partial charge in [-0.1, -0.05) is 30.3 Å². The summed E-state index contributed by atoms with van der Waals surface area (Å²) in [6, 6.07) is 17.9. The van der Waals surface area contributed by atoms with Gasteiger partial charge in [0.15, 0.2) is 0 Å². The molecule has 0 saturated heterocycles. The molecule has 7 nitrogen and oxygen atoms in total. The molecule has 3 aromatic carbocycles.